The summed E-state index contributed by atoms with van der Waals surface area (Å²) in [5.74, 6) is 0.822. The molecule has 0 aromatic carbocycles. The fraction of sp³-hybridized carbons (Fsp3) is 1.00. The molecule has 1 saturated carbocycles. The Morgan fingerprint density at radius 2 is 1.83 bits per heavy atom. The molecule has 2 aliphatic rings. The van der Waals surface area contributed by atoms with Crippen LogP contribution in [0.15, 0.2) is 0 Å². The zero-order chi connectivity index (χ0) is 8.39. The van der Waals surface area contributed by atoms with E-state index in [0.717, 1.165) is 12.5 Å². The van der Waals surface area contributed by atoms with E-state index in [2.05, 4.69) is 0 Å². The predicted molar refractivity (Wildman–Crippen MR) is 47.7 cm³/mol. The quantitative estimate of drug-likeness (QED) is 0.548. The molecule has 2 heteroatoms. The van der Waals surface area contributed by atoms with E-state index in [9.17, 15) is 4.39 Å². The van der Waals surface area contributed by atoms with Gasteiger partial charge in [-0.25, -0.2) is 4.39 Å². The molecule has 1 aliphatic carbocycles. The zero-order valence-electron chi connectivity index (χ0n) is 7.64. The van der Waals surface area contributed by atoms with E-state index in [1.165, 1.54) is 38.5 Å². The Morgan fingerprint density at radius 1 is 1.08 bits per heavy atom. The van der Waals surface area contributed by atoms with E-state index in [4.69, 9.17) is 0 Å². The number of fused-ring (bicyclic) bond motifs is 1. The molecular weight excluding hydrogens is 153 g/mol. The molecule has 2 fully saturated rings. The minimum Gasteiger partial charge on any atom is -0.273 e. The van der Waals surface area contributed by atoms with Crippen molar-refractivity contribution in [2.45, 2.75) is 44.6 Å². The van der Waals surface area contributed by atoms with Crippen LogP contribution in [0.1, 0.15) is 38.5 Å². The standard InChI is InChI=1S/C10H18FN/c11-8-12-7-3-5-9-4-1-2-6-10(9)12/h9-10H,1-8H2. The highest BCUT2D eigenvalue weighted by Gasteiger charge is 2.32. The highest BCUT2D eigenvalue weighted by molar-refractivity contribution is 4.85. The first-order chi connectivity index (χ1) is 5.92. The molecule has 70 valence electrons. The normalized spacial score (nSPS) is 37.8. The van der Waals surface area contributed by atoms with Gasteiger partial charge in [-0.1, -0.05) is 12.8 Å². The Bertz CT molecular complexity index is 140. The molecule has 2 rings (SSSR count). The molecule has 0 spiro atoms. The fourth-order valence-corrected chi connectivity index (χ4v) is 2.88. The molecule has 2 atom stereocenters. The van der Waals surface area contributed by atoms with Crippen molar-refractivity contribution < 1.29 is 4.39 Å². The van der Waals surface area contributed by atoms with Crippen molar-refractivity contribution >= 4 is 0 Å². The number of likely N-dealkylation sites (tertiary alicyclic amines) is 1. The Hall–Kier alpha value is -0.110. The lowest BCUT2D eigenvalue weighted by Crippen LogP contribution is -2.46. The Kier molecular flexibility index (Phi) is 2.64. The van der Waals surface area contributed by atoms with Gasteiger partial charge in [0.15, 0.2) is 0 Å². The monoisotopic (exact) mass is 171 g/mol. The van der Waals surface area contributed by atoms with Crippen molar-refractivity contribution in [2.75, 3.05) is 13.3 Å². The molecule has 0 aromatic heterocycles. The summed E-state index contributed by atoms with van der Waals surface area (Å²) in [5, 5.41) is 0. The largest absolute Gasteiger partial charge is 0.273 e. The van der Waals surface area contributed by atoms with Crippen LogP contribution in [0.2, 0.25) is 0 Å². The number of rotatable bonds is 1. The summed E-state index contributed by atoms with van der Waals surface area (Å²) in [7, 11) is 0. The summed E-state index contributed by atoms with van der Waals surface area (Å²) in [4.78, 5) is 2.05. The molecule has 0 aromatic rings. The minimum absolute atomic E-state index is 0.221. The maximum Gasteiger partial charge on any atom is 0.143 e. The smallest absolute Gasteiger partial charge is 0.143 e. The van der Waals surface area contributed by atoms with Gasteiger partial charge in [-0.2, -0.15) is 0 Å². The lowest BCUT2D eigenvalue weighted by Gasteiger charge is -2.42. The van der Waals surface area contributed by atoms with Gasteiger partial charge >= 0.3 is 0 Å². The van der Waals surface area contributed by atoms with Gasteiger partial charge in [0.25, 0.3) is 0 Å². The topological polar surface area (TPSA) is 3.24 Å². The summed E-state index contributed by atoms with van der Waals surface area (Å²) in [6.45, 7) is 0.777. The molecule has 0 amide bonds. The van der Waals surface area contributed by atoms with Crippen LogP contribution < -0.4 is 0 Å². The lowest BCUT2D eigenvalue weighted by atomic mass is 9.78. The molecule has 1 aliphatic heterocycles. The van der Waals surface area contributed by atoms with Crippen LogP contribution in [0, 0.1) is 5.92 Å². The Balaban J connectivity index is 1.99. The summed E-state index contributed by atoms with van der Waals surface area (Å²) in [6, 6.07) is 0.595. The van der Waals surface area contributed by atoms with Gasteiger partial charge in [0.1, 0.15) is 6.80 Å². The third-order valence-corrected chi connectivity index (χ3v) is 3.51. The second-order valence-electron chi connectivity index (χ2n) is 4.19. The highest BCUT2D eigenvalue weighted by Crippen LogP contribution is 2.34. The SMILES string of the molecule is FCN1CCCC2CCCCC21. The number of hydrogen-bond donors (Lipinski definition) is 0. The van der Waals surface area contributed by atoms with Crippen LogP contribution in [0.4, 0.5) is 4.39 Å². The van der Waals surface area contributed by atoms with Crippen molar-refractivity contribution in [1.82, 2.24) is 4.90 Å². The van der Waals surface area contributed by atoms with Gasteiger partial charge in [-0.05, 0) is 31.6 Å². The van der Waals surface area contributed by atoms with Gasteiger partial charge in [0.05, 0.1) is 0 Å². The van der Waals surface area contributed by atoms with Crippen LogP contribution in [-0.4, -0.2) is 24.3 Å². The third kappa shape index (κ3) is 1.49. The van der Waals surface area contributed by atoms with E-state index in [1.807, 2.05) is 4.90 Å². The van der Waals surface area contributed by atoms with Crippen molar-refractivity contribution in [2.24, 2.45) is 5.92 Å². The molecular formula is C10H18FN. The number of alkyl halides is 1. The fourth-order valence-electron chi connectivity index (χ4n) is 2.88. The maximum absolute atomic E-state index is 12.6. The maximum atomic E-state index is 12.6. The van der Waals surface area contributed by atoms with E-state index >= 15 is 0 Å². The number of hydrogen-bond acceptors (Lipinski definition) is 1. The molecule has 1 heterocycles. The molecule has 2 unspecified atom stereocenters. The second-order valence-corrected chi connectivity index (χ2v) is 4.19. The summed E-state index contributed by atoms with van der Waals surface area (Å²) < 4.78 is 12.6. The Morgan fingerprint density at radius 3 is 2.67 bits per heavy atom. The summed E-state index contributed by atoms with van der Waals surface area (Å²) >= 11 is 0. The van der Waals surface area contributed by atoms with Crippen LogP contribution in [0.25, 0.3) is 0 Å². The lowest BCUT2D eigenvalue weighted by molar-refractivity contribution is 0.0287. The Labute approximate surface area is 73.9 Å². The van der Waals surface area contributed by atoms with E-state index < -0.39 is 0 Å². The first kappa shape index (κ1) is 8.49. The van der Waals surface area contributed by atoms with Gasteiger partial charge in [0, 0.05) is 12.6 Å². The van der Waals surface area contributed by atoms with Crippen molar-refractivity contribution in [3.05, 3.63) is 0 Å². The summed E-state index contributed by atoms with van der Waals surface area (Å²) in [5.41, 5.74) is 0. The first-order valence-corrected chi connectivity index (χ1v) is 5.22. The molecule has 0 N–H and O–H groups in total. The third-order valence-electron chi connectivity index (χ3n) is 3.51. The van der Waals surface area contributed by atoms with E-state index in [-0.39, 0.29) is 6.80 Å². The highest BCUT2D eigenvalue weighted by atomic mass is 19.1. The average molecular weight is 171 g/mol. The van der Waals surface area contributed by atoms with Crippen LogP contribution >= 0.6 is 0 Å². The zero-order valence-corrected chi connectivity index (χ0v) is 7.64. The van der Waals surface area contributed by atoms with Crippen molar-refractivity contribution in [3.63, 3.8) is 0 Å². The predicted octanol–water partition coefficient (Wildman–Crippen LogP) is 2.57. The number of nitrogens with zero attached hydrogens (tertiary/aromatic N) is 1. The van der Waals surface area contributed by atoms with Crippen LogP contribution in [0.3, 0.4) is 0 Å². The van der Waals surface area contributed by atoms with Crippen LogP contribution in [0.5, 0.6) is 0 Å². The molecule has 1 nitrogen and oxygen atoms in total. The first-order valence-electron chi connectivity index (χ1n) is 5.22. The average Bonchev–Trinajstić information content (AvgIpc) is 2.17. The molecule has 0 radical (unpaired) electrons. The van der Waals surface area contributed by atoms with Crippen molar-refractivity contribution in [3.8, 4) is 0 Å². The minimum atomic E-state index is -0.221. The second kappa shape index (κ2) is 3.73. The van der Waals surface area contributed by atoms with Gasteiger partial charge in [0.2, 0.25) is 0 Å². The van der Waals surface area contributed by atoms with Crippen LogP contribution in [-0.2, 0) is 0 Å². The van der Waals surface area contributed by atoms with Gasteiger partial charge < -0.3 is 0 Å². The molecule has 0 bridgehead atoms. The van der Waals surface area contributed by atoms with Gasteiger partial charge in [-0.15, -0.1) is 0 Å². The molecule has 1 saturated heterocycles. The number of halogens is 1. The number of piperidine rings is 1. The molecule has 12 heavy (non-hydrogen) atoms. The van der Waals surface area contributed by atoms with Gasteiger partial charge in [-0.3, -0.25) is 4.90 Å². The van der Waals surface area contributed by atoms with Crippen molar-refractivity contribution in [1.29, 1.82) is 0 Å². The summed E-state index contributed by atoms with van der Waals surface area (Å²) in [6.07, 6.45) is 7.85. The van der Waals surface area contributed by atoms with E-state index in [0.29, 0.717) is 6.04 Å². The van der Waals surface area contributed by atoms with E-state index in [1.54, 1.807) is 0 Å².